The van der Waals surface area contributed by atoms with Crippen LogP contribution in [-0.4, -0.2) is 26.9 Å². The maximum Gasteiger partial charge on any atom is 0.315 e. The Bertz CT molecular complexity index is 1200. The van der Waals surface area contributed by atoms with Crippen molar-refractivity contribution in [2.75, 3.05) is 16.6 Å². The lowest BCUT2D eigenvalue weighted by Crippen LogP contribution is -2.39. The molecule has 0 spiro atoms. The number of sulfonamides is 1. The number of urea groups is 1. The molecule has 0 aromatic heterocycles. The van der Waals surface area contributed by atoms with Gasteiger partial charge in [-0.2, -0.15) is 0 Å². The maximum absolute atomic E-state index is 13.8. The van der Waals surface area contributed by atoms with Crippen LogP contribution in [0.1, 0.15) is 5.56 Å². The van der Waals surface area contributed by atoms with E-state index in [-0.39, 0.29) is 22.8 Å². The van der Waals surface area contributed by atoms with Crippen LogP contribution in [0.3, 0.4) is 0 Å². The molecule has 0 bridgehead atoms. The largest absolute Gasteiger partial charge is 0.334 e. The molecule has 3 amide bonds. The molecule has 8 nitrogen and oxygen atoms in total. The van der Waals surface area contributed by atoms with Crippen molar-refractivity contribution in [2.45, 2.75) is 11.4 Å². The highest BCUT2D eigenvalue weighted by Gasteiger charge is 2.17. The van der Waals surface area contributed by atoms with Crippen LogP contribution in [0.15, 0.2) is 83.8 Å². The zero-order valence-corrected chi connectivity index (χ0v) is 17.7. The average Bonchev–Trinajstić information content (AvgIpc) is 2.78. The van der Waals surface area contributed by atoms with Gasteiger partial charge >= 0.3 is 6.03 Å². The van der Waals surface area contributed by atoms with Gasteiger partial charge in [0.05, 0.1) is 17.1 Å². The molecule has 0 heterocycles. The molecule has 0 aliphatic heterocycles. The first-order chi connectivity index (χ1) is 15.3. The second-order valence-electron chi connectivity index (χ2n) is 6.68. The molecule has 0 unspecified atom stereocenters. The molecule has 0 radical (unpaired) electrons. The molecular weight excluding hydrogens is 435 g/mol. The summed E-state index contributed by atoms with van der Waals surface area (Å²) in [5.74, 6) is -1.26. The van der Waals surface area contributed by atoms with Gasteiger partial charge in [0.1, 0.15) is 5.82 Å². The van der Waals surface area contributed by atoms with Gasteiger partial charge in [-0.1, -0.05) is 48.5 Å². The van der Waals surface area contributed by atoms with Crippen molar-refractivity contribution in [3.63, 3.8) is 0 Å². The summed E-state index contributed by atoms with van der Waals surface area (Å²) in [6.45, 7) is -0.00567. The third-order valence-electron chi connectivity index (χ3n) is 4.25. The fraction of sp³-hybridized carbons (Fsp3) is 0.0909. The summed E-state index contributed by atoms with van der Waals surface area (Å²) in [4.78, 5) is 23.8. The van der Waals surface area contributed by atoms with Gasteiger partial charge in [0.25, 0.3) is 10.0 Å². The molecule has 32 heavy (non-hydrogen) atoms. The van der Waals surface area contributed by atoms with E-state index in [0.717, 1.165) is 11.6 Å². The second kappa shape index (κ2) is 10.4. The summed E-state index contributed by atoms with van der Waals surface area (Å²) in [6.07, 6.45) is 0. The van der Waals surface area contributed by atoms with E-state index in [2.05, 4.69) is 20.7 Å². The number of hydrogen-bond donors (Lipinski definition) is 4. The molecule has 3 rings (SSSR count). The van der Waals surface area contributed by atoms with Crippen molar-refractivity contribution in [2.24, 2.45) is 0 Å². The zero-order chi connectivity index (χ0) is 23.0. The van der Waals surface area contributed by atoms with Crippen molar-refractivity contribution >= 4 is 33.3 Å². The van der Waals surface area contributed by atoms with E-state index in [1.54, 1.807) is 0 Å². The number of carbonyl (C=O) groups is 2. The average molecular weight is 456 g/mol. The Labute approximate surface area is 184 Å². The fourth-order valence-electron chi connectivity index (χ4n) is 2.70. The molecule has 0 saturated carbocycles. The van der Waals surface area contributed by atoms with E-state index >= 15 is 0 Å². The highest BCUT2D eigenvalue weighted by molar-refractivity contribution is 7.92. The molecule has 4 N–H and O–H groups in total. The van der Waals surface area contributed by atoms with Gasteiger partial charge in [-0.15, -0.1) is 0 Å². The summed E-state index contributed by atoms with van der Waals surface area (Å²) in [5.41, 5.74) is 0.930. The molecule has 3 aromatic rings. The first-order valence-corrected chi connectivity index (χ1v) is 11.0. The Balaban J connectivity index is 1.54. The van der Waals surface area contributed by atoms with E-state index in [0.29, 0.717) is 6.54 Å². The smallest absolute Gasteiger partial charge is 0.315 e. The third kappa shape index (κ3) is 6.54. The minimum atomic E-state index is -4.07. The molecule has 0 saturated heterocycles. The van der Waals surface area contributed by atoms with Crippen LogP contribution in [0.2, 0.25) is 0 Å². The Morgan fingerprint density at radius 1 is 0.844 bits per heavy atom. The van der Waals surface area contributed by atoms with Crippen LogP contribution in [0.4, 0.5) is 20.6 Å². The van der Waals surface area contributed by atoms with E-state index in [9.17, 15) is 22.4 Å². The Kier molecular flexibility index (Phi) is 7.40. The van der Waals surface area contributed by atoms with Gasteiger partial charge in [-0.05, 0) is 35.9 Å². The summed E-state index contributed by atoms with van der Waals surface area (Å²) >= 11 is 0. The number of hydrogen-bond acceptors (Lipinski definition) is 4. The second-order valence-corrected chi connectivity index (χ2v) is 8.37. The van der Waals surface area contributed by atoms with E-state index in [1.807, 2.05) is 30.3 Å². The van der Waals surface area contributed by atoms with Gasteiger partial charge < -0.3 is 16.0 Å². The summed E-state index contributed by atoms with van der Waals surface area (Å²) < 4.78 is 41.0. The Hall–Kier alpha value is -3.92. The number of rotatable bonds is 8. The predicted molar refractivity (Wildman–Crippen MR) is 119 cm³/mol. The minimum absolute atomic E-state index is 0.160. The molecule has 3 aromatic carbocycles. The van der Waals surface area contributed by atoms with Crippen LogP contribution in [0.25, 0.3) is 0 Å². The summed E-state index contributed by atoms with van der Waals surface area (Å²) in [7, 11) is -4.07. The lowest BCUT2D eigenvalue weighted by atomic mass is 10.2. The monoisotopic (exact) mass is 456 g/mol. The minimum Gasteiger partial charge on any atom is -0.334 e. The Morgan fingerprint density at radius 3 is 2.31 bits per heavy atom. The van der Waals surface area contributed by atoms with Gasteiger partial charge in [0.2, 0.25) is 5.91 Å². The molecule has 10 heteroatoms. The summed E-state index contributed by atoms with van der Waals surface area (Å²) in [6, 6.07) is 19.6. The van der Waals surface area contributed by atoms with Gasteiger partial charge in [0.15, 0.2) is 0 Å². The number of anilines is 2. The maximum atomic E-state index is 13.8. The number of para-hydroxylation sites is 1. The van der Waals surface area contributed by atoms with Crippen molar-refractivity contribution in [1.29, 1.82) is 0 Å². The quantitative estimate of drug-likeness (QED) is 0.417. The summed E-state index contributed by atoms with van der Waals surface area (Å²) in [5, 5.41) is 7.56. The van der Waals surface area contributed by atoms with Gasteiger partial charge in [0, 0.05) is 12.2 Å². The number of nitrogens with one attached hydrogen (secondary N) is 4. The highest BCUT2D eigenvalue weighted by atomic mass is 32.2. The van der Waals surface area contributed by atoms with E-state index in [1.165, 1.54) is 42.5 Å². The Morgan fingerprint density at radius 2 is 1.56 bits per heavy atom. The first-order valence-electron chi connectivity index (χ1n) is 9.56. The zero-order valence-electron chi connectivity index (χ0n) is 16.8. The molecule has 0 aliphatic carbocycles. The van der Waals surface area contributed by atoms with Gasteiger partial charge in [-0.25, -0.2) is 17.6 Å². The first kappa shape index (κ1) is 22.8. The lowest BCUT2D eigenvalue weighted by Gasteiger charge is -2.11. The SMILES string of the molecule is O=C(CNC(=O)NCc1ccccc1)Nc1cccc(S(=O)(=O)Nc2ccccc2F)c1. The van der Waals surface area contributed by atoms with Crippen LogP contribution in [0, 0.1) is 5.82 Å². The molecule has 166 valence electrons. The van der Waals surface area contributed by atoms with Crippen LogP contribution in [-0.2, 0) is 21.4 Å². The number of halogens is 1. The van der Waals surface area contributed by atoms with E-state index in [4.69, 9.17) is 0 Å². The topological polar surface area (TPSA) is 116 Å². The standard InChI is InChI=1S/C22H21FN4O4S/c23-19-11-4-5-12-20(19)27-32(30,31)18-10-6-9-17(13-18)26-21(28)15-25-22(29)24-14-16-7-2-1-3-8-16/h1-13,27H,14-15H2,(H,26,28)(H2,24,25,29). The fourth-order valence-corrected chi connectivity index (χ4v) is 3.81. The van der Waals surface area contributed by atoms with Crippen molar-refractivity contribution in [3.8, 4) is 0 Å². The molecular formula is C22H21FN4O4S. The third-order valence-corrected chi connectivity index (χ3v) is 5.61. The molecule has 0 aliphatic rings. The van der Waals surface area contributed by atoms with Crippen LogP contribution in [0.5, 0.6) is 0 Å². The number of amides is 3. The van der Waals surface area contributed by atoms with Crippen molar-refractivity contribution < 1.29 is 22.4 Å². The number of carbonyl (C=O) groups excluding carboxylic acids is 2. The van der Waals surface area contributed by atoms with Gasteiger partial charge in [-0.3, -0.25) is 9.52 Å². The molecule has 0 atom stereocenters. The van der Waals surface area contributed by atoms with Crippen molar-refractivity contribution in [1.82, 2.24) is 10.6 Å². The van der Waals surface area contributed by atoms with Crippen molar-refractivity contribution in [3.05, 3.63) is 90.2 Å². The van der Waals surface area contributed by atoms with Crippen LogP contribution >= 0.6 is 0 Å². The number of benzene rings is 3. The normalized spacial score (nSPS) is 10.8. The highest BCUT2D eigenvalue weighted by Crippen LogP contribution is 2.21. The van der Waals surface area contributed by atoms with E-state index < -0.39 is 27.8 Å². The molecule has 0 fully saturated rings. The van der Waals surface area contributed by atoms with Crippen LogP contribution < -0.4 is 20.7 Å². The predicted octanol–water partition coefficient (Wildman–Crippen LogP) is 3.06. The lowest BCUT2D eigenvalue weighted by molar-refractivity contribution is -0.115.